The van der Waals surface area contributed by atoms with Crippen molar-refractivity contribution in [2.45, 2.75) is 56.5 Å². The summed E-state index contributed by atoms with van der Waals surface area (Å²) in [5.41, 5.74) is -0.919. The molecule has 154 valence electrons. The minimum Gasteiger partial charge on any atom is -0.477 e. The number of ketones is 3. The molecule has 0 bridgehead atoms. The third-order valence-corrected chi connectivity index (χ3v) is 5.02. The molecule has 0 saturated carbocycles. The first kappa shape index (κ1) is 23.2. The molecule has 1 unspecified atom stereocenters. The van der Waals surface area contributed by atoms with Crippen molar-refractivity contribution >= 4 is 23.3 Å². The Hall–Kier alpha value is -1.80. The summed E-state index contributed by atoms with van der Waals surface area (Å²) in [6.45, 7) is 0.944. The SMILES string of the molecule is CC(=O)C1(C(C)=O)C(O)(C(=O)O)O[C@@H]([C@H](O)[C@H](O)CO)[C@H](N)[C@]1(O)C(C)=O. The van der Waals surface area contributed by atoms with Crippen LogP contribution in [0.3, 0.4) is 0 Å². The molecule has 1 aliphatic rings. The smallest absolute Gasteiger partial charge is 0.366 e. The molecule has 0 spiro atoms. The molecular weight excluding hydrogens is 370 g/mol. The molecule has 1 aliphatic heterocycles. The lowest BCUT2D eigenvalue weighted by atomic mass is 9.54. The summed E-state index contributed by atoms with van der Waals surface area (Å²) in [6, 6.07) is -2.14. The second-order valence-electron chi connectivity index (χ2n) is 6.48. The number of aliphatic carboxylic acids is 1. The van der Waals surface area contributed by atoms with Crippen molar-refractivity contribution in [3.63, 3.8) is 0 Å². The van der Waals surface area contributed by atoms with Crippen LogP contribution in [0.4, 0.5) is 0 Å². The lowest BCUT2D eigenvalue weighted by molar-refractivity contribution is -0.345. The third-order valence-electron chi connectivity index (χ3n) is 5.02. The molecule has 12 heteroatoms. The van der Waals surface area contributed by atoms with Crippen molar-refractivity contribution < 1.29 is 54.6 Å². The molecule has 1 heterocycles. The highest BCUT2D eigenvalue weighted by atomic mass is 16.7. The summed E-state index contributed by atoms with van der Waals surface area (Å²) in [4.78, 5) is 48.8. The van der Waals surface area contributed by atoms with Crippen LogP contribution in [0.15, 0.2) is 0 Å². The minimum absolute atomic E-state index is 0.651. The van der Waals surface area contributed by atoms with Crippen LogP contribution in [0.1, 0.15) is 20.8 Å². The van der Waals surface area contributed by atoms with Crippen LogP contribution in [0.5, 0.6) is 0 Å². The maximum Gasteiger partial charge on any atom is 0.366 e. The van der Waals surface area contributed by atoms with Crippen LogP contribution >= 0.6 is 0 Å². The van der Waals surface area contributed by atoms with E-state index in [1.807, 2.05) is 0 Å². The summed E-state index contributed by atoms with van der Waals surface area (Å²) in [5.74, 6) is -10.4. The summed E-state index contributed by atoms with van der Waals surface area (Å²) in [5, 5.41) is 59.9. The second-order valence-corrected chi connectivity index (χ2v) is 6.48. The molecule has 1 saturated heterocycles. The van der Waals surface area contributed by atoms with Gasteiger partial charge < -0.3 is 41.1 Å². The third kappa shape index (κ3) is 2.81. The normalized spacial score (nSPS) is 35.1. The highest BCUT2D eigenvalue weighted by molar-refractivity contribution is 6.16. The van der Waals surface area contributed by atoms with Gasteiger partial charge in [0.2, 0.25) is 0 Å². The molecule has 0 aromatic heterocycles. The van der Waals surface area contributed by atoms with Gasteiger partial charge in [-0.1, -0.05) is 0 Å². The Bertz CT molecular complexity index is 650. The monoisotopic (exact) mass is 393 g/mol. The molecular formula is C15H23NO11. The number of rotatable bonds is 7. The van der Waals surface area contributed by atoms with Gasteiger partial charge in [0.1, 0.15) is 18.3 Å². The number of ether oxygens (including phenoxy) is 1. The molecule has 0 radical (unpaired) electrons. The van der Waals surface area contributed by atoms with Crippen LogP contribution in [0.2, 0.25) is 0 Å². The molecule has 1 fully saturated rings. The lowest BCUT2D eigenvalue weighted by Crippen LogP contribution is -2.85. The van der Waals surface area contributed by atoms with E-state index < -0.39 is 71.1 Å². The predicted molar refractivity (Wildman–Crippen MR) is 84.0 cm³/mol. The molecule has 0 aromatic rings. The average Bonchev–Trinajstić information content (AvgIpc) is 2.55. The van der Waals surface area contributed by atoms with E-state index in [2.05, 4.69) is 0 Å². The summed E-state index contributed by atoms with van der Waals surface area (Å²) >= 11 is 0. The number of carboxylic acid groups (broad SMARTS) is 1. The standard InChI is InChI=1S/C15H23NO11/c1-5(18)13(6(2)19)14(25,7(3)20)11(16)10(9(22)8(21)4-17)27-15(13,26)12(23)24/h8-11,17,21-22,25-26H,4,16H2,1-3H3,(H,23,24)/t8-,9-,10+,11+,14-,15?/m1/s1. The quantitative estimate of drug-likeness (QED) is 0.204. The molecule has 1 rings (SSSR count). The number of aliphatic hydroxyl groups is 5. The van der Waals surface area contributed by atoms with E-state index in [-0.39, 0.29) is 0 Å². The van der Waals surface area contributed by atoms with Crippen LogP contribution in [0.25, 0.3) is 0 Å². The number of carboxylic acids is 1. The van der Waals surface area contributed by atoms with Crippen molar-refractivity contribution in [2.75, 3.05) is 6.61 Å². The van der Waals surface area contributed by atoms with Crippen LogP contribution in [-0.4, -0.2) is 96.3 Å². The summed E-state index contributed by atoms with van der Waals surface area (Å²) in [6.07, 6.45) is -6.33. The number of hydrogen-bond acceptors (Lipinski definition) is 11. The summed E-state index contributed by atoms with van der Waals surface area (Å²) in [7, 11) is 0. The van der Waals surface area contributed by atoms with Gasteiger partial charge >= 0.3 is 5.97 Å². The molecule has 12 nitrogen and oxygen atoms in total. The second kappa shape index (κ2) is 7.31. The van der Waals surface area contributed by atoms with Gasteiger partial charge in [0.05, 0.1) is 12.6 Å². The number of hydrogen-bond donors (Lipinski definition) is 7. The Kier molecular flexibility index (Phi) is 6.30. The fraction of sp³-hybridized carbons (Fsp3) is 0.733. The number of nitrogens with two attached hydrogens (primary N) is 1. The zero-order valence-electron chi connectivity index (χ0n) is 14.8. The Morgan fingerprint density at radius 1 is 1.04 bits per heavy atom. The maximum atomic E-state index is 12.4. The van der Waals surface area contributed by atoms with Gasteiger partial charge in [-0.25, -0.2) is 4.79 Å². The van der Waals surface area contributed by atoms with Gasteiger partial charge in [-0.05, 0) is 20.8 Å². The van der Waals surface area contributed by atoms with E-state index in [9.17, 15) is 44.7 Å². The molecule has 6 atom stereocenters. The van der Waals surface area contributed by atoms with Crippen molar-refractivity contribution in [1.29, 1.82) is 0 Å². The van der Waals surface area contributed by atoms with Crippen molar-refractivity contribution in [2.24, 2.45) is 11.1 Å². The first-order valence-corrected chi connectivity index (χ1v) is 7.79. The zero-order valence-corrected chi connectivity index (χ0v) is 14.8. The van der Waals surface area contributed by atoms with Crippen LogP contribution in [-0.2, 0) is 23.9 Å². The fourth-order valence-corrected chi connectivity index (χ4v) is 3.69. The first-order valence-electron chi connectivity index (χ1n) is 7.79. The van der Waals surface area contributed by atoms with E-state index >= 15 is 0 Å². The van der Waals surface area contributed by atoms with Gasteiger partial charge in [0.25, 0.3) is 5.79 Å². The van der Waals surface area contributed by atoms with Crippen LogP contribution < -0.4 is 5.73 Å². The van der Waals surface area contributed by atoms with Gasteiger partial charge in [-0.2, -0.15) is 0 Å². The van der Waals surface area contributed by atoms with E-state index in [1.165, 1.54) is 0 Å². The fourth-order valence-electron chi connectivity index (χ4n) is 3.69. The molecule has 27 heavy (non-hydrogen) atoms. The summed E-state index contributed by atoms with van der Waals surface area (Å²) < 4.78 is 4.87. The van der Waals surface area contributed by atoms with Gasteiger partial charge in [-0.3, -0.25) is 14.4 Å². The highest BCUT2D eigenvalue weighted by Crippen LogP contribution is 2.52. The highest BCUT2D eigenvalue weighted by Gasteiger charge is 2.81. The number of carbonyl (C=O) groups excluding carboxylic acids is 3. The number of aliphatic hydroxyl groups excluding tert-OH is 3. The van der Waals surface area contributed by atoms with Gasteiger partial charge in [0.15, 0.2) is 28.4 Å². The average molecular weight is 393 g/mol. The zero-order chi connectivity index (χ0) is 21.5. The van der Waals surface area contributed by atoms with Crippen molar-refractivity contribution in [1.82, 2.24) is 0 Å². The van der Waals surface area contributed by atoms with Gasteiger partial charge in [0, 0.05) is 0 Å². The number of carbonyl (C=O) groups is 4. The lowest BCUT2D eigenvalue weighted by Gasteiger charge is -2.57. The van der Waals surface area contributed by atoms with E-state index in [0.717, 1.165) is 0 Å². The Morgan fingerprint density at radius 3 is 1.78 bits per heavy atom. The van der Waals surface area contributed by atoms with E-state index in [1.54, 1.807) is 0 Å². The topological polar surface area (TPSA) is 225 Å². The Balaban J connectivity index is 3.95. The molecule has 8 N–H and O–H groups in total. The molecule has 0 aliphatic carbocycles. The molecule has 0 aromatic carbocycles. The van der Waals surface area contributed by atoms with E-state index in [4.69, 9.17) is 15.6 Å². The Morgan fingerprint density at radius 2 is 1.48 bits per heavy atom. The van der Waals surface area contributed by atoms with E-state index in [0.29, 0.717) is 20.8 Å². The largest absolute Gasteiger partial charge is 0.477 e. The van der Waals surface area contributed by atoms with Crippen molar-refractivity contribution in [3.05, 3.63) is 0 Å². The first-order chi connectivity index (χ1) is 12.2. The Labute approximate surface area is 153 Å². The van der Waals surface area contributed by atoms with Crippen molar-refractivity contribution in [3.8, 4) is 0 Å². The predicted octanol–water partition coefficient (Wildman–Crippen LogP) is -4.32. The van der Waals surface area contributed by atoms with Crippen LogP contribution in [0, 0.1) is 5.41 Å². The number of Topliss-reactive ketones (excluding diaryl/α,β-unsaturated/α-hetero) is 3. The molecule has 0 amide bonds. The van der Waals surface area contributed by atoms with Gasteiger partial charge in [-0.15, -0.1) is 0 Å². The maximum absolute atomic E-state index is 12.4. The minimum atomic E-state index is -3.82.